The molecule has 5 rings (SSSR count). The van der Waals surface area contributed by atoms with Crippen molar-refractivity contribution in [3.8, 4) is 22.9 Å². The molecule has 158 valence electrons. The van der Waals surface area contributed by atoms with E-state index in [0.29, 0.717) is 17.2 Å². The number of para-hydroxylation sites is 1. The molecule has 1 atom stereocenters. The summed E-state index contributed by atoms with van der Waals surface area (Å²) in [5, 5.41) is 3.20. The van der Waals surface area contributed by atoms with Crippen molar-refractivity contribution in [3.05, 3.63) is 108 Å². The molecule has 0 spiro atoms. The zero-order valence-electron chi connectivity index (χ0n) is 17.6. The lowest BCUT2D eigenvalue weighted by atomic mass is 9.87. The van der Waals surface area contributed by atoms with Gasteiger partial charge in [0.25, 0.3) is 5.91 Å². The van der Waals surface area contributed by atoms with Crippen LogP contribution in [-0.2, 0) is 6.42 Å². The summed E-state index contributed by atoms with van der Waals surface area (Å²) in [6.45, 7) is 0. The number of amides is 1. The Labute approximate surface area is 187 Å². The lowest BCUT2D eigenvalue weighted by Gasteiger charge is -2.26. The molecule has 0 saturated carbocycles. The number of nitrogens with one attached hydrogen (secondary N) is 1. The third kappa shape index (κ3) is 4.37. The van der Waals surface area contributed by atoms with Crippen LogP contribution in [0, 0.1) is 0 Å². The largest absolute Gasteiger partial charge is 0.439 e. The predicted molar refractivity (Wildman–Crippen MR) is 124 cm³/mol. The Balaban J connectivity index is 1.29. The Hall–Kier alpha value is -3.99. The molecule has 0 unspecified atom stereocenters. The molecule has 0 bridgehead atoms. The van der Waals surface area contributed by atoms with Crippen LogP contribution < -0.4 is 10.1 Å². The first-order chi connectivity index (χ1) is 15.8. The molecule has 1 aromatic heterocycles. The number of rotatable bonds is 5. The van der Waals surface area contributed by atoms with Crippen LogP contribution in [0.15, 0.2) is 91.3 Å². The van der Waals surface area contributed by atoms with Crippen LogP contribution in [0.5, 0.6) is 11.6 Å². The van der Waals surface area contributed by atoms with Gasteiger partial charge in [-0.25, -0.2) is 9.97 Å². The number of carbonyl (C=O) groups is 1. The molecule has 0 saturated heterocycles. The number of benzene rings is 3. The monoisotopic (exact) mass is 421 g/mol. The zero-order valence-corrected chi connectivity index (χ0v) is 17.6. The molecular formula is C27H23N3O2. The maximum absolute atomic E-state index is 12.9. The van der Waals surface area contributed by atoms with Gasteiger partial charge in [0.05, 0.1) is 11.7 Å². The minimum atomic E-state index is -0.0611. The lowest BCUT2D eigenvalue weighted by Crippen LogP contribution is -2.30. The maximum Gasteiger partial charge on any atom is 0.251 e. The fraction of sp³-hybridized carbons (Fsp3) is 0.148. The number of fused-ring (bicyclic) bond motifs is 1. The Kier molecular flexibility index (Phi) is 5.62. The Morgan fingerprint density at radius 2 is 1.69 bits per heavy atom. The van der Waals surface area contributed by atoms with Crippen LogP contribution in [-0.4, -0.2) is 15.9 Å². The minimum absolute atomic E-state index is 0.0611. The van der Waals surface area contributed by atoms with Crippen LogP contribution in [0.1, 0.15) is 40.4 Å². The van der Waals surface area contributed by atoms with Crippen LogP contribution in [0.25, 0.3) is 11.3 Å². The van der Waals surface area contributed by atoms with E-state index in [9.17, 15) is 4.79 Å². The average Bonchev–Trinajstić information content (AvgIpc) is 2.85. The van der Waals surface area contributed by atoms with Crippen molar-refractivity contribution in [1.82, 2.24) is 15.3 Å². The minimum Gasteiger partial charge on any atom is -0.439 e. The van der Waals surface area contributed by atoms with Crippen LogP contribution in [0.3, 0.4) is 0 Å². The van der Waals surface area contributed by atoms with E-state index in [0.717, 1.165) is 30.5 Å². The summed E-state index contributed by atoms with van der Waals surface area (Å²) in [6, 6.07) is 27.2. The van der Waals surface area contributed by atoms with Crippen molar-refractivity contribution >= 4 is 5.91 Å². The highest BCUT2D eigenvalue weighted by atomic mass is 16.5. The fourth-order valence-electron chi connectivity index (χ4n) is 4.10. The van der Waals surface area contributed by atoms with E-state index < -0.39 is 0 Å². The van der Waals surface area contributed by atoms with E-state index >= 15 is 0 Å². The fourth-order valence-corrected chi connectivity index (χ4v) is 4.10. The molecule has 3 aromatic carbocycles. The summed E-state index contributed by atoms with van der Waals surface area (Å²) in [5.41, 5.74) is 4.82. The van der Waals surface area contributed by atoms with Gasteiger partial charge in [0.15, 0.2) is 0 Å². The molecule has 0 aliphatic heterocycles. The van der Waals surface area contributed by atoms with Crippen LogP contribution >= 0.6 is 0 Å². The molecule has 1 heterocycles. The summed E-state index contributed by atoms with van der Waals surface area (Å²) in [6.07, 6.45) is 4.61. The topological polar surface area (TPSA) is 64.1 Å². The van der Waals surface area contributed by atoms with Crippen molar-refractivity contribution in [2.75, 3.05) is 0 Å². The van der Waals surface area contributed by atoms with E-state index in [-0.39, 0.29) is 11.9 Å². The summed E-state index contributed by atoms with van der Waals surface area (Å²) < 4.78 is 5.80. The molecule has 4 aromatic rings. The number of aromatic nitrogens is 2. The van der Waals surface area contributed by atoms with Crippen molar-refractivity contribution in [2.24, 2.45) is 0 Å². The highest BCUT2D eigenvalue weighted by molar-refractivity contribution is 5.95. The van der Waals surface area contributed by atoms with E-state index in [2.05, 4.69) is 33.5 Å². The first-order valence-corrected chi connectivity index (χ1v) is 10.8. The van der Waals surface area contributed by atoms with Gasteiger partial charge in [0.1, 0.15) is 12.1 Å². The third-order valence-electron chi connectivity index (χ3n) is 5.73. The number of nitrogens with zero attached hydrogens (tertiary/aromatic N) is 2. The molecule has 1 aliphatic carbocycles. The molecular weight excluding hydrogens is 398 g/mol. The van der Waals surface area contributed by atoms with Gasteiger partial charge in [0.2, 0.25) is 5.88 Å². The quantitative estimate of drug-likeness (QED) is 0.446. The Morgan fingerprint density at radius 3 is 2.53 bits per heavy atom. The number of carbonyl (C=O) groups excluding carboxylic acids is 1. The lowest BCUT2D eigenvalue weighted by molar-refractivity contribution is 0.0933. The molecule has 5 nitrogen and oxygen atoms in total. The van der Waals surface area contributed by atoms with E-state index in [1.807, 2.05) is 60.7 Å². The predicted octanol–water partition coefficient (Wildman–Crippen LogP) is 5.74. The summed E-state index contributed by atoms with van der Waals surface area (Å²) in [4.78, 5) is 21.4. The van der Waals surface area contributed by atoms with Gasteiger partial charge in [-0.05, 0) is 54.7 Å². The second-order valence-electron chi connectivity index (χ2n) is 7.85. The summed E-state index contributed by atoms with van der Waals surface area (Å²) in [5.74, 6) is 1.13. The summed E-state index contributed by atoms with van der Waals surface area (Å²) in [7, 11) is 0. The van der Waals surface area contributed by atoms with Crippen LogP contribution in [0.4, 0.5) is 0 Å². The van der Waals surface area contributed by atoms with Crippen molar-refractivity contribution in [2.45, 2.75) is 25.3 Å². The van der Waals surface area contributed by atoms with Gasteiger partial charge >= 0.3 is 0 Å². The van der Waals surface area contributed by atoms with E-state index in [4.69, 9.17) is 4.74 Å². The van der Waals surface area contributed by atoms with Gasteiger partial charge in [-0.15, -0.1) is 0 Å². The first kappa shape index (κ1) is 19.9. The van der Waals surface area contributed by atoms with Gasteiger partial charge in [-0.3, -0.25) is 4.79 Å². The second kappa shape index (κ2) is 9.02. The molecule has 32 heavy (non-hydrogen) atoms. The second-order valence-corrected chi connectivity index (χ2v) is 7.85. The Morgan fingerprint density at radius 1 is 0.906 bits per heavy atom. The van der Waals surface area contributed by atoms with Gasteiger partial charge in [-0.2, -0.15) is 0 Å². The average molecular weight is 422 g/mol. The summed E-state index contributed by atoms with van der Waals surface area (Å²) >= 11 is 0. The SMILES string of the molecule is O=C(N[C@H]1CCCc2ccccc21)c1ccc(-c2cc(Oc3ccccc3)ncn2)cc1. The van der Waals surface area contributed by atoms with Gasteiger partial charge in [-0.1, -0.05) is 54.6 Å². The first-order valence-electron chi connectivity index (χ1n) is 10.8. The smallest absolute Gasteiger partial charge is 0.251 e. The van der Waals surface area contributed by atoms with Crippen molar-refractivity contribution < 1.29 is 9.53 Å². The van der Waals surface area contributed by atoms with E-state index in [1.165, 1.54) is 17.5 Å². The van der Waals surface area contributed by atoms with Gasteiger partial charge in [0, 0.05) is 17.2 Å². The zero-order chi connectivity index (χ0) is 21.8. The van der Waals surface area contributed by atoms with Crippen LogP contribution in [0.2, 0.25) is 0 Å². The van der Waals surface area contributed by atoms with Gasteiger partial charge < -0.3 is 10.1 Å². The number of hydrogen-bond donors (Lipinski definition) is 1. The standard InChI is InChI=1S/C27H23N3O2/c31-27(30-24-12-6-8-19-7-4-5-11-23(19)24)21-15-13-20(14-16-21)25-17-26(29-18-28-25)32-22-9-2-1-3-10-22/h1-5,7,9-11,13-18,24H,6,8,12H2,(H,30,31)/t24-/m0/s1. The highest BCUT2D eigenvalue weighted by Gasteiger charge is 2.21. The Bertz CT molecular complexity index is 1220. The molecule has 5 heteroatoms. The molecule has 1 amide bonds. The molecule has 0 radical (unpaired) electrons. The van der Waals surface area contributed by atoms with E-state index in [1.54, 1.807) is 6.07 Å². The number of aryl methyl sites for hydroxylation is 1. The maximum atomic E-state index is 12.9. The molecule has 1 aliphatic rings. The molecule has 0 fully saturated rings. The number of hydrogen-bond acceptors (Lipinski definition) is 4. The normalized spacial score (nSPS) is 14.9. The third-order valence-corrected chi connectivity index (χ3v) is 5.73. The highest BCUT2D eigenvalue weighted by Crippen LogP contribution is 2.30. The van der Waals surface area contributed by atoms with Crippen molar-refractivity contribution in [3.63, 3.8) is 0 Å². The number of ether oxygens (including phenoxy) is 1. The molecule has 1 N–H and O–H groups in total. The van der Waals surface area contributed by atoms with Crippen molar-refractivity contribution in [1.29, 1.82) is 0 Å².